The molecule has 1 amide bonds. The summed E-state index contributed by atoms with van der Waals surface area (Å²) in [6.07, 6.45) is 1.13. The lowest BCUT2D eigenvalue weighted by Crippen LogP contribution is -2.46. The van der Waals surface area contributed by atoms with Crippen molar-refractivity contribution >= 4 is 33.0 Å². The second-order valence-corrected chi connectivity index (χ2v) is 6.35. The highest BCUT2D eigenvalue weighted by Gasteiger charge is 2.27. The lowest BCUT2D eigenvalue weighted by molar-refractivity contribution is 0.0891. The zero-order chi connectivity index (χ0) is 15.6. The topological polar surface area (TPSA) is 75.3 Å². The molecule has 1 unspecified atom stereocenters. The van der Waals surface area contributed by atoms with Gasteiger partial charge in [0.2, 0.25) is 0 Å². The summed E-state index contributed by atoms with van der Waals surface area (Å²) in [7, 11) is 0. The Kier molecular flexibility index (Phi) is 4.49. The van der Waals surface area contributed by atoms with Crippen LogP contribution in [-0.2, 0) is 0 Å². The highest BCUT2D eigenvalue weighted by Crippen LogP contribution is 2.35. The van der Waals surface area contributed by atoms with Gasteiger partial charge in [0.15, 0.2) is 0 Å². The molecule has 0 aliphatic carbocycles. The zero-order valence-corrected chi connectivity index (χ0v) is 12.9. The Labute approximate surface area is 126 Å². The maximum absolute atomic E-state index is 13.8. The van der Waals surface area contributed by atoms with Crippen molar-refractivity contribution in [3.05, 3.63) is 28.9 Å². The molecule has 1 aromatic heterocycles. The fourth-order valence-electron chi connectivity index (χ4n) is 2.20. The van der Waals surface area contributed by atoms with Crippen molar-refractivity contribution in [2.24, 2.45) is 0 Å². The molecule has 0 aliphatic rings. The molecule has 0 saturated carbocycles. The van der Waals surface area contributed by atoms with E-state index in [4.69, 9.17) is 10.8 Å². The summed E-state index contributed by atoms with van der Waals surface area (Å²) in [4.78, 5) is 12.7. The van der Waals surface area contributed by atoms with Gasteiger partial charge in [-0.25, -0.2) is 4.39 Å². The number of anilines is 1. The third-order valence-corrected chi connectivity index (χ3v) is 4.94. The predicted octanol–water partition coefficient (Wildman–Crippen LogP) is 2.90. The molecule has 21 heavy (non-hydrogen) atoms. The normalized spacial score (nSPS) is 14.1. The Bertz CT molecular complexity index is 671. The summed E-state index contributed by atoms with van der Waals surface area (Å²) in [6, 6.07) is 4.66. The lowest BCUT2D eigenvalue weighted by atomic mass is 9.95. The maximum atomic E-state index is 13.8. The van der Waals surface area contributed by atoms with Crippen molar-refractivity contribution in [1.82, 2.24) is 5.32 Å². The highest BCUT2D eigenvalue weighted by atomic mass is 32.1. The SMILES string of the molecule is CCC(C)(CCO)NC(=O)c1sc2cccc(F)c2c1N. The van der Waals surface area contributed by atoms with E-state index in [1.165, 1.54) is 17.4 Å². The molecular weight excluding hydrogens is 291 g/mol. The molecule has 2 rings (SSSR count). The number of rotatable bonds is 5. The quantitative estimate of drug-likeness (QED) is 0.795. The summed E-state index contributed by atoms with van der Waals surface area (Å²) >= 11 is 1.18. The molecule has 114 valence electrons. The molecule has 0 radical (unpaired) electrons. The zero-order valence-electron chi connectivity index (χ0n) is 12.1. The van der Waals surface area contributed by atoms with Gasteiger partial charge in [-0.1, -0.05) is 13.0 Å². The summed E-state index contributed by atoms with van der Waals surface area (Å²) in [5.41, 5.74) is 5.60. The van der Waals surface area contributed by atoms with E-state index in [2.05, 4.69) is 5.32 Å². The standard InChI is InChI=1S/C15H19FN2O2S/c1-3-15(2,7-8-19)18-14(20)13-12(17)11-9(16)5-4-6-10(11)21-13/h4-6,19H,3,7-8,17H2,1-2H3,(H,18,20). The van der Waals surface area contributed by atoms with Gasteiger partial charge in [-0.15, -0.1) is 11.3 Å². The minimum atomic E-state index is -0.507. The molecule has 0 aliphatic heterocycles. The number of carbonyl (C=O) groups excluding carboxylic acids is 1. The maximum Gasteiger partial charge on any atom is 0.263 e. The third-order valence-electron chi connectivity index (χ3n) is 3.77. The van der Waals surface area contributed by atoms with Crippen LogP contribution in [0.1, 0.15) is 36.4 Å². The summed E-state index contributed by atoms with van der Waals surface area (Å²) < 4.78 is 14.5. The van der Waals surface area contributed by atoms with E-state index in [0.717, 1.165) is 0 Å². The van der Waals surface area contributed by atoms with Crippen molar-refractivity contribution in [3.8, 4) is 0 Å². The van der Waals surface area contributed by atoms with E-state index in [9.17, 15) is 9.18 Å². The van der Waals surface area contributed by atoms with Gasteiger partial charge in [-0.05, 0) is 31.9 Å². The van der Waals surface area contributed by atoms with Gasteiger partial charge in [0.05, 0.1) is 11.1 Å². The van der Waals surface area contributed by atoms with E-state index in [1.807, 2.05) is 13.8 Å². The van der Waals surface area contributed by atoms with Gasteiger partial charge in [-0.3, -0.25) is 4.79 Å². The van der Waals surface area contributed by atoms with Crippen LogP contribution in [0.2, 0.25) is 0 Å². The Morgan fingerprint density at radius 3 is 2.81 bits per heavy atom. The molecule has 0 spiro atoms. The Hall–Kier alpha value is -1.66. The van der Waals surface area contributed by atoms with Gasteiger partial charge in [0.1, 0.15) is 10.7 Å². The first kappa shape index (κ1) is 15.7. The minimum absolute atomic E-state index is 0.0128. The number of aliphatic hydroxyl groups excluding tert-OH is 1. The van der Waals surface area contributed by atoms with Crippen LogP contribution < -0.4 is 11.1 Å². The average molecular weight is 310 g/mol. The monoisotopic (exact) mass is 310 g/mol. The van der Waals surface area contributed by atoms with E-state index in [1.54, 1.807) is 12.1 Å². The van der Waals surface area contributed by atoms with Crippen LogP contribution in [0, 0.1) is 5.82 Å². The minimum Gasteiger partial charge on any atom is -0.397 e. The third kappa shape index (κ3) is 3.01. The number of thiophene rings is 1. The van der Waals surface area contributed by atoms with Crippen molar-refractivity contribution in [3.63, 3.8) is 0 Å². The molecule has 6 heteroatoms. The van der Waals surface area contributed by atoms with E-state index in [0.29, 0.717) is 27.8 Å². The molecule has 1 aromatic carbocycles. The number of nitrogens with one attached hydrogen (secondary N) is 1. The average Bonchev–Trinajstić information content (AvgIpc) is 2.78. The number of aliphatic hydroxyl groups is 1. The number of halogens is 1. The second-order valence-electron chi connectivity index (χ2n) is 5.30. The van der Waals surface area contributed by atoms with Gasteiger partial charge < -0.3 is 16.2 Å². The summed E-state index contributed by atoms with van der Waals surface area (Å²) in [5.74, 6) is -0.750. The number of hydrogen-bond donors (Lipinski definition) is 3. The number of benzene rings is 1. The Balaban J connectivity index is 2.36. The van der Waals surface area contributed by atoms with Crippen LogP contribution in [0.4, 0.5) is 10.1 Å². The second kappa shape index (κ2) is 5.99. The molecule has 1 atom stereocenters. The molecule has 4 N–H and O–H groups in total. The van der Waals surface area contributed by atoms with Crippen LogP contribution in [0.5, 0.6) is 0 Å². The number of carbonyl (C=O) groups is 1. The van der Waals surface area contributed by atoms with Crippen LogP contribution in [0.3, 0.4) is 0 Å². The molecule has 0 bridgehead atoms. The van der Waals surface area contributed by atoms with E-state index in [-0.39, 0.29) is 18.2 Å². The van der Waals surface area contributed by atoms with Crippen molar-refractivity contribution in [2.45, 2.75) is 32.2 Å². The Morgan fingerprint density at radius 2 is 2.24 bits per heavy atom. The molecular formula is C15H19FN2O2S. The van der Waals surface area contributed by atoms with Crippen molar-refractivity contribution in [1.29, 1.82) is 0 Å². The molecule has 4 nitrogen and oxygen atoms in total. The van der Waals surface area contributed by atoms with Crippen LogP contribution in [0.25, 0.3) is 10.1 Å². The predicted molar refractivity (Wildman–Crippen MR) is 84.1 cm³/mol. The number of nitrogens with two attached hydrogens (primary N) is 1. The summed E-state index contributed by atoms with van der Waals surface area (Å²) in [6.45, 7) is 3.79. The first-order valence-corrected chi connectivity index (χ1v) is 7.63. The molecule has 1 heterocycles. The van der Waals surface area contributed by atoms with Gasteiger partial charge in [-0.2, -0.15) is 0 Å². The van der Waals surface area contributed by atoms with Crippen molar-refractivity contribution in [2.75, 3.05) is 12.3 Å². The fourth-order valence-corrected chi connectivity index (χ4v) is 3.23. The molecule has 0 fully saturated rings. The largest absolute Gasteiger partial charge is 0.397 e. The van der Waals surface area contributed by atoms with Gasteiger partial charge in [0.25, 0.3) is 5.91 Å². The lowest BCUT2D eigenvalue weighted by Gasteiger charge is -2.28. The number of amides is 1. The van der Waals surface area contributed by atoms with E-state index >= 15 is 0 Å². The first-order valence-electron chi connectivity index (χ1n) is 6.81. The smallest absolute Gasteiger partial charge is 0.263 e. The van der Waals surface area contributed by atoms with Gasteiger partial charge in [0, 0.05) is 16.8 Å². The number of nitrogen functional groups attached to an aromatic ring is 1. The number of hydrogen-bond acceptors (Lipinski definition) is 4. The van der Waals surface area contributed by atoms with Crippen LogP contribution >= 0.6 is 11.3 Å². The Morgan fingerprint density at radius 1 is 1.52 bits per heavy atom. The van der Waals surface area contributed by atoms with Crippen LogP contribution in [0.15, 0.2) is 18.2 Å². The van der Waals surface area contributed by atoms with E-state index < -0.39 is 11.4 Å². The summed E-state index contributed by atoms with van der Waals surface area (Å²) in [5, 5.41) is 12.3. The molecule has 0 saturated heterocycles. The van der Waals surface area contributed by atoms with Crippen LogP contribution in [-0.4, -0.2) is 23.2 Å². The fraction of sp³-hybridized carbons (Fsp3) is 0.400. The molecule has 2 aromatic rings. The van der Waals surface area contributed by atoms with Gasteiger partial charge >= 0.3 is 0 Å². The highest BCUT2D eigenvalue weighted by molar-refractivity contribution is 7.21. The first-order chi connectivity index (χ1) is 9.91. The number of fused-ring (bicyclic) bond motifs is 1. The van der Waals surface area contributed by atoms with Crippen molar-refractivity contribution < 1.29 is 14.3 Å².